The van der Waals surface area contributed by atoms with Gasteiger partial charge in [0.25, 0.3) is 0 Å². The van der Waals surface area contributed by atoms with Crippen molar-refractivity contribution >= 4 is 57.5 Å². The lowest BCUT2D eigenvalue weighted by molar-refractivity contribution is 0.507. The van der Waals surface area contributed by atoms with Crippen molar-refractivity contribution in [2.45, 2.75) is 0 Å². The van der Waals surface area contributed by atoms with Crippen molar-refractivity contribution in [3.63, 3.8) is 0 Å². The van der Waals surface area contributed by atoms with E-state index in [1.807, 2.05) is 0 Å². The summed E-state index contributed by atoms with van der Waals surface area (Å²) < 4.78 is 0. The van der Waals surface area contributed by atoms with Crippen molar-refractivity contribution in [3.8, 4) is 22.3 Å². The molecule has 2 N–H and O–H groups in total. The number of nitrogens with one attached hydrogen (secondary N) is 2. The van der Waals surface area contributed by atoms with Crippen LogP contribution in [0.3, 0.4) is 0 Å². The van der Waals surface area contributed by atoms with E-state index >= 15 is 0 Å². The van der Waals surface area contributed by atoms with E-state index in [2.05, 4.69) is 180 Å². The number of allylic oxidation sites excluding steroid dienone is 4. The van der Waals surface area contributed by atoms with E-state index in [-0.39, 0.29) is 0 Å². The molecule has 5 aromatic rings. The molecule has 0 saturated carbocycles. The third-order valence-electron chi connectivity index (χ3n) is 9.56. The number of hydrogen-bond donors (Lipinski definition) is 2. The van der Waals surface area contributed by atoms with Gasteiger partial charge in [-0.05, 0) is 59.7 Å². The number of likely N-dealkylation sites (N-methyl/N-ethyl adjacent to an activating group) is 2. The first kappa shape index (κ1) is 29.7. The molecular weight excluding hydrogens is 613 g/mol. The van der Waals surface area contributed by atoms with Crippen LogP contribution < -0.4 is 0 Å². The van der Waals surface area contributed by atoms with Gasteiger partial charge in [0.1, 0.15) is 0 Å². The zero-order valence-electron chi connectivity index (χ0n) is 28.1. The van der Waals surface area contributed by atoms with Crippen LogP contribution in [0.2, 0.25) is 0 Å². The molecule has 50 heavy (non-hydrogen) atoms. The quantitative estimate of drug-likeness (QED) is 0.200. The van der Waals surface area contributed by atoms with E-state index in [9.17, 15) is 0 Å². The molecule has 6 heteroatoms. The summed E-state index contributed by atoms with van der Waals surface area (Å²) in [5.41, 5.74) is 16.2. The molecule has 0 fully saturated rings. The van der Waals surface area contributed by atoms with Crippen molar-refractivity contribution in [1.29, 1.82) is 0 Å². The van der Waals surface area contributed by atoms with Crippen molar-refractivity contribution in [1.82, 2.24) is 29.7 Å². The lowest BCUT2D eigenvalue weighted by Gasteiger charge is -2.19. The predicted octanol–water partition coefficient (Wildman–Crippen LogP) is 9.67. The third kappa shape index (κ3) is 5.31. The second-order valence-electron chi connectivity index (χ2n) is 13.1. The predicted molar refractivity (Wildman–Crippen MR) is 209 cm³/mol. The molecule has 2 aromatic carbocycles. The van der Waals surface area contributed by atoms with Gasteiger partial charge in [-0.25, -0.2) is 9.97 Å². The van der Waals surface area contributed by atoms with Gasteiger partial charge in [0.15, 0.2) is 0 Å². The Morgan fingerprint density at radius 1 is 0.440 bits per heavy atom. The Morgan fingerprint density at radius 3 is 1.18 bits per heavy atom. The van der Waals surface area contributed by atoms with Crippen LogP contribution in [-0.4, -0.2) is 56.9 Å². The average molecular weight is 649 g/mol. The van der Waals surface area contributed by atoms with Gasteiger partial charge < -0.3 is 19.8 Å². The number of H-pyrrole nitrogens is 2. The standard InChI is InChI=1S/C44H36N6/c1-49-25-9-15-31(27-49)43-37-21-19-35(46-37)41(29-11-5-3-6-12-29)33-17-18-34(45-33)42(30-13-7-4-8-14-30)36-20-22-38(47-36)44(40-24-23-39(43)48-40)32-16-10-26-50(2)28-32/h3-24,27-28,46-47H,25-26H2,1-2H3. The van der Waals surface area contributed by atoms with Crippen LogP contribution in [-0.2, 0) is 0 Å². The topological polar surface area (TPSA) is 63.8 Å². The molecule has 4 aliphatic rings. The summed E-state index contributed by atoms with van der Waals surface area (Å²) >= 11 is 0. The Bertz CT molecular complexity index is 2330. The average Bonchev–Trinajstić information content (AvgIpc) is 3.97. The van der Waals surface area contributed by atoms with E-state index in [0.717, 1.165) is 102 Å². The first-order valence-electron chi connectivity index (χ1n) is 17.0. The van der Waals surface area contributed by atoms with E-state index < -0.39 is 0 Å². The summed E-state index contributed by atoms with van der Waals surface area (Å²) in [5.74, 6) is 0. The lowest BCUT2D eigenvalue weighted by Crippen LogP contribution is -2.14. The molecular formula is C44H36N6. The van der Waals surface area contributed by atoms with Gasteiger partial charge in [0, 0.05) is 95.1 Å². The van der Waals surface area contributed by atoms with Gasteiger partial charge in [-0.1, -0.05) is 85.0 Å². The van der Waals surface area contributed by atoms with Gasteiger partial charge in [-0.2, -0.15) is 0 Å². The minimum absolute atomic E-state index is 0.868. The van der Waals surface area contributed by atoms with Crippen LogP contribution in [0, 0.1) is 0 Å². The number of benzene rings is 2. The van der Waals surface area contributed by atoms with Crippen molar-refractivity contribution in [3.05, 3.63) is 156 Å². The minimum atomic E-state index is 0.868. The molecule has 0 atom stereocenters. The maximum Gasteiger partial charge on any atom is 0.0737 e. The maximum atomic E-state index is 5.41. The first-order chi connectivity index (χ1) is 24.6. The number of rotatable bonds is 4. The highest BCUT2D eigenvalue weighted by Crippen LogP contribution is 2.37. The number of nitrogens with zero attached hydrogens (tertiary/aromatic N) is 4. The Hall–Kier alpha value is -6.40. The van der Waals surface area contributed by atoms with Gasteiger partial charge in [0.05, 0.1) is 22.8 Å². The second-order valence-corrected chi connectivity index (χ2v) is 13.1. The Labute approximate surface area is 291 Å². The molecule has 4 aliphatic heterocycles. The molecule has 8 bridgehead atoms. The molecule has 7 heterocycles. The largest absolute Gasteiger partial charge is 0.376 e. The van der Waals surface area contributed by atoms with E-state index in [1.165, 1.54) is 0 Å². The smallest absolute Gasteiger partial charge is 0.0737 e. The fourth-order valence-electron chi connectivity index (χ4n) is 7.28. The van der Waals surface area contributed by atoms with Crippen molar-refractivity contribution in [2.24, 2.45) is 0 Å². The normalized spacial score (nSPS) is 15.1. The highest BCUT2D eigenvalue weighted by atomic mass is 15.1. The molecule has 9 rings (SSSR count). The summed E-state index contributed by atoms with van der Waals surface area (Å²) in [4.78, 5) is 22.9. The van der Waals surface area contributed by atoms with Crippen molar-refractivity contribution in [2.75, 3.05) is 27.2 Å². The summed E-state index contributed by atoms with van der Waals surface area (Å²) in [6, 6.07) is 29.8. The monoisotopic (exact) mass is 648 g/mol. The van der Waals surface area contributed by atoms with Crippen LogP contribution in [0.15, 0.2) is 122 Å². The van der Waals surface area contributed by atoms with E-state index in [0.29, 0.717) is 0 Å². The number of hydrogen-bond acceptors (Lipinski definition) is 4. The number of fused-ring (bicyclic) bond motifs is 8. The van der Waals surface area contributed by atoms with Crippen LogP contribution in [0.1, 0.15) is 33.9 Å². The maximum absolute atomic E-state index is 5.41. The molecule has 0 unspecified atom stereocenters. The van der Waals surface area contributed by atoms with Gasteiger partial charge in [-0.3, -0.25) is 0 Å². The zero-order chi connectivity index (χ0) is 33.6. The minimum Gasteiger partial charge on any atom is -0.376 e. The van der Waals surface area contributed by atoms with Gasteiger partial charge in [-0.15, -0.1) is 0 Å². The van der Waals surface area contributed by atoms with E-state index in [1.54, 1.807) is 0 Å². The Kier molecular flexibility index (Phi) is 7.28. The molecule has 6 nitrogen and oxygen atoms in total. The fourth-order valence-corrected chi connectivity index (χ4v) is 7.28. The highest BCUT2D eigenvalue weighted by molar-refractivity contribution is 5.99. The highest BCUT2D eigenvalue weighted by Gasteiger charge is 2.20. The van der Waals surface area contributed by atoms with Crippen LogP contribution in [0.25, 0.3) is 79.8 Å². The molecule has 0 aliphatic carbocycles. The second kappa shape index (κ2) is 12.2. The molecule has 0 spiro atoms. The Balaban J connectivity index is 1.46. The van der Waals surface area contributed by atoms with Gasteiger partial charge >= 0.3 is 0 Å². The molecule has 0 radical (unpaired) electrons. The summed E-state index contributed by atoms with van der Waals surface area (Å²) in [6.45, 7) is 1.74. The summed E-state index contributed by atoms with van der Waals surface area (Å²) in [6.07, 6.45) is 21.8. The number of aromatic amines is 2. The molecule has 242 valence electrons. The molecule has 3 aromatic heterocycles. The molecule has 0 amide bonds. The van der Waals surface area contributed by atoms with Crippen LogP contribution >= 0.6 is 0 Å². The third-order valence-corrected chi connectivity index (χ3v) is 9.56. The zero-order valence-corrected chi connectivity index (χ0v) is 28.1. The summed E-state index contributed by atoms with van der Waals surface area (Å²) in [5, 5.41) is 0. The number of aromatic nitrogens is 4. The lowest BCUT2D eigenvalue weighted by atomic mass is 10.0. The Morgan fingerprint density at radius 2 is 0.800 bits per heavy atom. The van der Waals surface area contributed by atoms with Crippen LogP contribution in [0.5, 0.6) is 0 Å². The fraction of sp³-hybridized carbons (Fsp3) is 0.0909. The van der Waals surface area contributed by atoms with Crippen LogP contribution in [0.4, 0.5) is 0 Å². The van der Waals surface area contributed by atoms with Crippen molar-refractivity contribution < 1.29 is 0 Å². The summed E-state index contributed by atoms with van der Waals surface area (Å²) in [7, 11) is 4.22. The first-order valence-corrected chi connectivity index (χ1v) is 17.0. The molecule has 0 saturated heterocycles. The SMILES string of the molecule is CN1C=C(c2c3nc(c(C4=CN(C)CC=C4)c4ccc([nH]4)c(-c4ccccc4)c4nc(c(-c5ccccc5)c5ccc2[nH]5)C=C4)C=C3)C=CC1. The van der Waals surface area contributed by atoms with E-state index in [4.69, 9.17) is 9.97 Å². The van der Waals surface area contributed by atoms with Gasteiger partial charge in [0.2, 0.25) is 0 Å².